The van der Waals surface area contributed by atoms with E-state index in [9.17, 15) is 9.59 Å². The minimum Gasteiger partial charge on any atom is -0.461 e. The van der Waals surface area contributed by atoms with Crippen LogP contribution in [0.5, 0.6) is 0 Å². The van der Waals surface area contributed by atoms with Crippen LogP contribution in [0, 0.1) is 0 Å². The lowest BCUT2D eigenvalue weighted by Gasteiger charge is -2.40. The smallest absolute Gasteiger partial charge is 0.262 e. The first-order valence-electron chi connectivity index (χ1n) is 9.88. The lowest BCUT2D eigenvalue weighted by molar-refractivity contribution is -0.119. The number of hydrogen-bond acceptors (Lipinski definition) is 5. The molecule has 0 saturated carbocycles. The van der Waals surface area contributed by atoms with Crippen LogP contribution in [0.15, 0.2) is 48.5 Å². The van der Waals surface area contributed by atoms with Crippen molar-refractivity contribution >= 4 is 46.3 Å². The van der Waals surface area contributed by atoms with Gasteiger partial charge in [-0.25, -0.2) is 0 Å². The fourth-order valence-corrected chi connectivity index (χ4v) is 3.74. The normalized spacial score (nSPS) is 17.6. The Kier molecular flexibility index (Phi) is 6.89. The zero-order valence-corrected chi connectivity index (χ0v) is 17.9. The topological polar surface area (TPSA) is 96.7 Å². The maximum atomic E-state index is 12.5. The summed E-state index contributed by atoms with van der Waals surface area (Å²) in [5, 5.41) is 6.12. The number of amides is 2. The largest absolute Gasteiger partial charge is 0.461 e. The number of fused-ring (bicyclic) bond motifs is 1. The molecule has 1 aliphatic rings. The number of carbonyl (C=O) groups is 2. The van der Waals surface area contributed by atoms with E-state index in [1.165, 1.54) is 0 Å². The van der Waals surface area contributed by atoms with Gasteiger partial charge in [0.05, 0.1) is 6.04 Å². The van der Waals surface area contributed by atoms with Crippen molar-refractivity contribution in [2.24, 2.45) is 5.73 Å². The van der Waals surface area contributed by atoms with Crippen molar-refractivity contribution in [1.29, 1.82) is 0 Å². The molecule has 8 heteroatoms. The lowest BCUT2D eigenvalue weighted by atomic mass is 9.91. The fourth-order valence-electron chi connectivity index (χ4n) is 3.68. The molecule has 0 unspecified atom stereocenters. The second-order valence-electron chi connectivity index (χ2n) is 7.19. The number of nitrogens with one attached hydrogen (secondary N) is 2. The number of nitrogens with zero attached hydrogens (tertiary/aromatic N) is 1. The highest BCUT2D eigenvalue weighted by molar-refractivity contribution is 7.80. The standard InChI is InChI=1S/C22H26N4O3S/c1-3-21(28)26-14(2)12-18(17-6-4-5-7-19(17)26)24-15-8-10-16(11-9-15)25-20(27)13-29-22(23)30/h4-11,14,18,24H,3,12-13H2,1-2H3,(H2,23,30)(H,25,27)/t14-,18+/m0/s1. The zero-order valence-electron chi connectivity index (χ0n) is 17.1. The highest BCUT2D eigenvalue weighted by Crippen LogP contribution is 2.39. The van der Waals surface area contributed by atoms with Crippen molar-refractivity contribution in [3.8, 4) is 0 Å². The number of hydrogen-bond donors (Lipinski definition) is 3. The Balaban J connectivity index is 1.71. The number of para-hydroxylation sites is 1. The Labute approximate surface area is 181 Å². The van der Waals surface area contributed by atoms with Crippen LogP contribution in [0.4, 0.5) is 17.1 Å². The first-order chi connectivity index (χ1) is 14.4. The molecule has 7 nitrogen and oxygen atoms in total. The van der Waals surface area contributed by atoms with Gasteiger partial charge in [-0.2, -0.15) is 0 Å². The van der Waals surface area contributed by atoms with E-state index in [-0.39, 0.29) is 35.7 Å². The minimum absolute atomic E-state index is 0.0801. The number of benzene rings is 2. The fraction of sp³-hybridized carbons (Fsp3) is 0.318. The predicted molar refractivity (Wildman–Crippen MR) is 122 cm³/mol. The summed E-state index contributed by atoms with van der Waals surface area (Å²) in [6.07, 6.45) is 1.28. The van der Waals surface area contributed by atoms with Crippen LogP contribution in [0.25, 0.3) is 0 Å². The van der Waals surface area contributed by atoms with Gasteiger partial charge in [0.2, 0.25) is 5.91 Å². The van der Waals surface area contributed by atoms with Crippen LogP contribution < -0.4 is 21.3 Å². The average molecular weight is 427 g/mol. The third kappa shape index (κ3) is 5.07. The van der Waals surface area contributed by atoms with Crippen LogP contribution in [-0.4, -0.2) is 29.6 Å². The van der Waals surface area contributed by atoms with Crippen LogP contribution in [0.3, 0.4) is 0 Å². The molecule has 4 N–H and O–H groups in total. The van der Waals surface area contributed by atoms with Crippen molar-refractivity contribution in [2.45, 2.75) is 38.8 Å². The van der Waals surface area contributed by atoms with Gasteiger partial charge in [-0.3, -0.25) is 9.59 Å². The molecule has 0 bridgehead atoms. The minimum atomic E-state index is -0.334. The molecule has 0 aromatic heterocycles. The highest BCUT2D eigenvalue weighted by Gasteiger charge is 2.32. The van der Waals surface area contributed by atoms with Gasteiger partial charge in [0.1, 0.15) is 0 Å². The van der Waals surface area contributed by atoms with E-state index in [1.807, 2.05) is 54.3 Å². The summed E-state index contributed by atoms with van der Waals surface area (Å²) >= 11 is 4.58. The van der Waals surface area contributed by atoms with Crippen LogP contribution in [0.1, 0.15) is 38.3 Å². The van der Waals surface area contributed by atoms with Gasteiger partial charge in [-0.15, -0.1) is 0 Å². The number of nitrogens with two attached hydrogens (primary N) is 1. The van der Waals surface area contributed by atoms with E-state index in [1.54, 1.807) is 0 Å². The van der Waals surface area contributed by atoms with Crippen molar-refractivity contribution in [1.82, 2.24) is 0 Å². The first kappa shape index (κ1) is 21.6. The Morgan fingerprint density at radius 1 is 1.17 bits per heavy atom. The molecule has 0 radical (unpaired) electrons. The second-order valence-corrected chi connectivity index (χ2v) is 7.59. The van der Waals surface area contributed by atoms with Gasteiger partial charge < -0.3 is 26.0 Å². The molecule has 0 spiro atoms. The molecule has 0 aliphatic carbocycles. The number of thiocarbonyl (C=S) groups is 1. The van der Waals surface area contributed by atoms with Crippen molar-refractivity contribution in [3.63, 3.8) is 0 Å². The average Bonchev–Trinajstić information content (AvgIpc) is 2.73. The molecular formula is C22H26N4O3S. The quantitative estimate of drug-likeness (QED) is 0.611. The molecule has 0 saturated heterocycles. The summed E-state index contributed by atoms with van der Waals surface area (Å²) in [5.41, 5.74) is 8.85. The van der Waals surface area contributed by atoms with Gasteiger partial charge >= 0.3 is 0 Å². The second kappa shape index (κ2) is 9.58. The summed E-state index contributed by atoms with van der Waals surface area (Å²) < 4.78 is 4.83. The maximum Gasteiger partial charge on any atom is 0.262 e. The summed E-state index contributed by atoms with van der Waals surface area (Å²) in [4.78, 5) is 26.2. The van der Waals surface area contributed by atoms with Gasteiger partial charge in [0.25, 0.3) is 11.1 Å². The van der Waals surface area contributed by atoms with Crippen molar-refractivity contribution < 1.29 is 14.3 Å². The molecule has 0 fully saturated rings. The molecule has 158 valence electrons. The molecule has 30 heavy (non-hydrogen) atoms. The maximum absolute atomic E-state index is 12.5. The van der Waals surface area contributed by atoms with E-state index in [0.29, 0.717) is 12.1 Å². The van der Waals surface area contributed by atoms with Gasteiger partial charge in [-0.05, 0) is 61.5 Å². The molecule has 1 aliphatic heterocycles. The van der Waals surface area contributed by atoms with E-state index in [2.05, 4.69) is 35.8 Å². The summed E-state index contributed by atoms with van der Waals surface area (Å²) in [6.45, 7) is 3.74. The Morgan fingerprint density at radius 3 is 2.50 bits per heavy atom. The number of ether oxygens (including phenoxy) is 1. The van der Waals surface area contributed by atoms with Crippen molar-refractivity contribution in [3.05, 3.63) is 54.1 Å². The number of anilines is 3. The van der Waals surface area contributed by atoms with E-state index in [0.717, 1.165) is 23.4 Å². The van der Waals surface area contributed by atoms with E-state index in [4.69, 9.17) is 10.5 Å². The SMILES string of the molecule is CCC(=O)N1c2ccccc2[C@H](Nc2ccc(NC(=O)COC(N)=S)cc2)C[C@@H]1C. The molecule has 3 rings (SSSR count). The summed E-state index contributed by atoms with van der Waals surface area (Å²) in [5.74, 6) is -0.202. The molecule has 2 atom stereocenters. The zero-order chi connectivity index (χ0) is 21.7. The van der Waals surface area contributed by atoms with Crippen LogP contribution in [0.2, 0.25) is 0 Å². The monoisotopic (exact) mass is 426 g/mol. The van der Waals surface area contributed by atoms with Crippen molar-refractivity contribution in [2.75, 3.05) is 22.1 Å². The number of rotatable bonds is 6. The highest BCUT2D eigenvalue weighted by atomic mass is 32.1. The molecule has 2 aromatic rings. The lowest BCUT2D eigenvalue weighted by Crippen LogP contribution is -2.44. The van der Waals surface area contributed by atoms with Crippen LogP contribution >= 0.6 is 12.2 Å². The summed E-state index contributed by atoms with van der Waals surface area (Å²) in [6, 6.07) is 15.6. The Morgan fingerprint density at radius 2 is 1.83 bits per heavy atom. The molecule has 2 amide bonds. The summed E-state index contributed by atoms with van der Waals surface area (Å²) in [7, 11) is 0. The Hall–Kier alpha value is -3.13. The Bertz CT molecular complexity index is 932. The molecule has 2 aromatic carbocycles. The van der Waals surface area contributed by atoms with E-state index < -0.39 is 0 Å². The van der Waals surface area contributed by atoms with E-state index >= 15 is 0 Å². The molecular weight excluding hydrogens is 400 g/mol. The first-order valence-corrected chi connectivity index (χ1v) is 10.3. The number of carbonyl (C=O) groups excluding carboxylic acids is 2. The van der Waals surface area contributed by atoms with Gasteiger partial charge in [0.15, 0.2) is 6.61 Å². The van der Waals surface area contributed by atoms with Crippen LogP contribution in [-0.2, 0) is 14.3 Å². The molecule has 1 heterocycles. The van der Waals surface area contributed by atoms with Gasteiger partial charge in [0, 0.05) is 29.5 Å². The third-order valence-electron chi connectivity index (χ3n) is 5.02. The third-order valence-corrected chi connectivity index (χ3v) is 5.13. The van der Waals surface area contributed by atoms with Gasteiger partial charge in [-0.1, -0.05) is 25.1 Å². The predicted octanol–water partition coefficient (Wildman–Crippen LogP) is 3.57.